The van der Waals surface area contributed by atoms with Gasteiger partial charge in [-0.3, -0.25) is 4.79 Å². The molecule has 1 aromatic carbocycles. The molecular formula is C18H21N3O2. The van der Waals surface area contributed by atoms with Crippen molar-refractivity contribution < 1.29 is 9.53 Å². The summed E-state index contributed by atoms with van der Waals surface area (Å²) < 4.78 is 7.40. The van der Waals surface area contributed by atoms with Crippen LogP contribution in [0.15, 0.2) is 24.4 Å². The fourth-order valence-corrected chi connectivity index (χ4v) is 3.18. The van der Waals surface area contributed by atoms with Crippen molar-refractivity contribution in [2.75, 3.05) is 13.2 Å². The van der Waals surface area contributed by atoms with Gasteiger partial charge in [-0.25, -0.2) is 0 Å². The average Bonchev–Trinajstić information content (AvgIpc) is 3.20. The maximum atomic E-state index is 12.2. The number of carbonyl (C=O) groups excluding carboxylic acids is 1. The Balaban J connectivity index is 1.79. The Kier molecular flexibility index (Phi) is 4.63. The zero-order valence-electron chi connectivity index (χ0n) is 13.3. The molecule has 0 unspecified atom stereocenters. The van der Waals surface area contributed by atoms with Crippen LogP contribution in [0.5, 0.6) is 0 Å². The number of carbonyl (C=O) groups is 1. The Morgan fingerprint density at radius 1 is 1.52 bits per heavy atom. The average molecular weight is 311 g/mol. The molecule has 2 heterocycles. The van der Waals surface area contributed by atoms with Gasteiger partial charge in [0.2, 0.25) is 5.91 Å². The fourth-order valence-electron chi connectivity index (χ4n) is 3.18. The summed E-state index contributed by atoms with van der Waals surface area (Å²) in [6.45, 7) is 3.65. The second kappa shape index (κ2) is 6.84. The molecule has 1 aliphatic heterocycles. The van der Waals surface area contributed by atoms with Crippen LogP contribution in [-0.4, -0.2) is 29.7 Å². The van der Waals surface area contributed by atoms with E-state index in [1.165, 1.54) is 0 Å². The summed E-state index contributed by atoms with van der Waals surface area (Å²) in [5, 5.41) is 13.2. The molecule has 5 nitrogen and oxygen atoms in total. The largest absolute Gasteiger partial charge is 0.376 e. The number of ether oxygens (including phenoxy) is 1. The molecule has 23 heavy (non-hydrogen) atoms. The highest BCUT2D eigenvalue weighted by Crippen LogP contribution is 2.25. The van der Waals surface area contributed by atoms with Crippen molar-refractivity contribution in [3.8, 4) is 6.07 Å². The highest BCUT2D eigenvalue weighted by Gasteiger charge is 2.17. The molecule has 0 spiro atoms. The number of fused-ring (bicyclic) bond motifs is 1. The molecule has 1 N–H and O–H groups in total. The molecule has 1 aliphatic rings. The van der Waals surface area contributed by atoms with Gasteiger partial charge in [0.1, 0.15) is 12.6 Å². The van der Waals surface area contributed by atoms with E-state index < -0.39 is 0 Å². The molecule has 1 aromatic heterocycles. The van der Waals surface area contributed by atoms with Crippen molar-refractivity contribution >= 4 is 16.8 Å². The van der Waals surface area contributed by atoms with Crippen LogP contribution in [0, 0.1) is 11.3 Å². The highest BCUT2D eigenvalue weighted by molar-refractivity contribution is 5.90. The van der Waals surface area contributed by atoms with Crippen molar-refractivity contribution in [2.45, 2.75) is 38.8 Å². The van der Waals surface area contributed by atoms with Gasteiger partial charge in [0.15, 0.2) is 0 Å². The zero-order valence-corrected chi connectivity index (χ0v) is 13.3. The summed E-state index contributed by atoms with van der Waals surface area (Å²) in [5.41, 5.74) is 2.75. The van der Waals surface area contributed by atoms with E-state index in [1.807, 2.05) is 22.8 Å². The molecule has 0 bridgehead atoms. The van der Waals surface area contributed by atoms with Gasteiger partial charge >= 0.3 is 0 Å². The molecule has 1 atom stereocenters. The predicted octanol–water partition coefficient (Wildman–Crippen LogP) is 2.37. The summed E-state index contributed by atoms with van der Waals surface area (Å²) in [7, 11) is 0. The number of hydrogen-bond acceptors (Lipinski definition) is 3. The Morgan fingerprint density at radius 3 is 3.09 bits per heavy atom. The van der Waals surface area contributed by atoms with Crippen molar-refractivity contribution in [3.05, 3.63) is 35.5 Å². The quantitative estimate of drug-likeness (QED) is 0.922. The zero-order chi connectivity index (χ0) is 16.2. The number of rotatable bonds is 5. The van der Waals surface area contributed by atoms with Gasteiger partial charge in [0.25, 0.3) is 0 Å². The first-order valence-electron chi connectivity index (χ1n) is 8.12. The van der Waals surface area contributed by atoms with Crippen LogP contribution >= 0.6 is 0 Å². The molecule has 1 saturated heterocycles. The van der Waals surface area contributed by atoms with Crippen LogP contribution in [0.1, 0.15) is 30.9 Å². The van der Waals surface area contributed by atoms with Gasteiger partial charge in [-0.15, -0.1) is 0 Å². The van der Waals surface area contributed by atoms with Gasteiger partial charge in [-0.1, -0.05) is 25.1 Å². The molecule has 5 heteroatoms. The second-order valence-electron chi connectivity index (χ2n) is 5.89. The van der Waals surface area contributed by atoms with Crippen molar-refractivity contribution in [2.24, 2.45) is 0 Å². The summed E-state index contributed by atoms with van der Waals surface area (Å²) in [6.07, 6.45) is 4.85. The third-order valence-electron chi connectivity index (χ3n) is 4.35. The first-order valence-corrected chi connectivity index (χ1v) is 8.12. The Bertz CT molecular complexity index is 751. The monoisotopic (exact) mass is 311 g/mol. The van der Waals surface area contributed by atoms with Crippen LogP contribution in [0.3, 0.4) is 0 Å². The molecule has 0 saturated carbocycles. The van der Waals surface area contributed by atoms with Crippen LogP contribution in [-0.2, 0) is 22.5 Å². The summed E-state index contributed by atoms with van der Waals surface area (Å²) in [5.74, 6) is -0.0483. The van der Waals surface area contributed by atoms with Crippen LogP contribution < -0.4 is 5.32 Å². The van der Waals surface area contributed by atoms with E-state index in [-0.39, 0.29) is 18.6 Å². The van der Waals surface area contributed by atoms with Crippen LogP contribution in [0.2, 0.25) is 0 Å². The van der Waals surface area contributed by atoms with E-state index in [9.17, 15) is 10.1 Å². The number of nitriles is 1. The first-order chi connectivity index (χ1) is 11.2. The van der Waals surface area contributed by atoms with Crippen molar-refractivity contribution in [1.29, 1.82) is 5.26 Å². The predicted molar refractivity (Wildman–Crippen MR) is 88.0 cm³/mol. The van der Waals surface area contributed by atoms with Gasteiger partial charge in [0, 0.05) is 24.7 Å². The number of aryl methyl sites for hydroxylation is 1. The van der Waals surface area contributed by atoms with Gasteiger partial charge < -0.3 is 14.6 Å². The minimum atomic E-state index is -0.0483. The third-order valence-corrected chi connectivity index (χ3v) is 4.35. The van der Waals surface area contributed by atoms with E-state index in [2.05, 4.69) is 18.3 Å². The number of hydrogen-bond donors (Lipinski definition) is 1. The van der Waals surface area contributed by atoms with Crippen molar-refractivity contribution in [1.82, 2.24) is 9.88 Å². The van der Waals surface area contributed by atoms with Gasteiger partial charge in [0.05, 0.1) is 17.2 Å². The number of para-hydroxylation sites is 1. The standard InChI is InChI=1S/C18H21N3O2/c1-2-13-5-3-7-16-14(9-19)11-21(18(13)16)12-17(22)20-10-15-6-4-8-23-15/h3,5,7,11,15H,2,4,6,8,10,12H2,1H3,(H,20,22)/t15-/m0/s1. The number of nitrogens with one attached hydrogen (secondary N) is 1. The minimum absolute atomic E-state index is 0.0483. The fraction of sp³-hybridized carbons (Fsp3) is 0.444. The molecule has 0 radical (unpaired) electrons. The second-order valence-corrected chi connectivity index (χ2v) is 5.89. The molecule has 120 valence electrons. The molecule has 0 aliphatic carbocycles. The first kappa shape index (κ1) is 15.6. The van der Waals surface area contributed by atoms with Gasteiger partial charge in [-0.05, 0) is 24.8 Å². The lowest BCUT2D eigenvalue weighted by Gasteiger charge is -2.12. The lowest BCUT2D eigenvalue weighted by Crippen LogP contribution is -2.34. The van der Waals surface area contributed by atoms with E-state index in [4.69, 9.17) is 4.74 Å². The maximum absolute atomic E-state index is 12.2. The number of benzene rings is 1. The Hall–Kier alpha value is -2.32. The Morgan fingerprint density at radius 2 is 2.39 bits per heavy atom. The molecule has 3 rings (SSSR count). The molecule has 1 amide bonds. The van der Waals surface area contributed by atoms with E-state index in [1.54, 1.807) is 6.20 Å². The number of nitrogens with zero attached hydrogens (tertiary/aromatic N) is 2. The lowest BCUT2D eigenvalue weighted by atomic mass is 10.1. The van der Waals surface area contributed by atoms with E-state index >= 15 is 0 Å². The van der Waals surface area contributed by atoms with Crippen LogP contribution in [0.25, 0.3) is 10.9 Å². The van der Waals surface area contributed by atoms with Gasteiger partial charge in [-0.2, -0.15) is 5.26 Å². The molecular weight excluding hydrogens is 290 g/mol. The molecule has 1 fully saturated rings. The third kappa shape index (κ3) is 3.22. The normalized spacial score (nSPS) is 17.3. The summed E-state index contributed by atoms with van der Waals surface area (Å²) in [4.78, 5) is 12.2. The number of amides is 1. The topological polar surface area (TPSA) is 67.0 Å². The van der Waals surface area contributed by atoms with E-state index in [0.29, 0.717) is 12.1 Å². The SMILES string of the molecule is CCc1cccc2c(C#N)cn(CC(=O)NC[C@@H]3CCCO3)c12. The minimum Gasteiger partial charge on any atom is -0.376 e. The molecule has 2 aromatic rings. The highest BCUT2D eigenvalue weighted by atomic mass is 16.5. The Labute approximate surface area is 135 Å². The smallest absolute Gasteiger partial charge is 0.240 e. The van der Waals surface area contributed by atoms with Crippen LogP contribution in [0.4, 0.5) is 0 Å². The van der Waals surface area contributed by atoms with Crippen molar-refractivity contribution in [3.63, 3.8) is 0 Å². The summed E-state index contributed by atoms with van der Waals surface area (Å²) in [6, 6.07) is 8.17. The lowest BCUT2D eigenvalue weighted by molar-refractivity contribution is -0.122. The van der Waals surface area contributed by atoms with E-state index in [0.717, 1.165) is 42.3 Å². The summed E-state index contributed by atoms with van der Waals surface area (Å²) >= 11 is 0. The number of aromatic nitrogens is 1. The maximum Gasteiger partial charge on any atom is 0.240 e.